The summed E-state index contributed by atoms with van der Waals surface area (Å²) < 4.78 is 18.9. The number of amides is 1. The maximum Gasteiger partial charge on any atom is 0.251 e. The number of nitrogens with one attached hydrogen (secondary N) is 1. The molecule has 1 atom stereocenters. The lowest BCUT2D eigenvalue weighted by Crippen LogP contribution is -2.35. The molecule has 1 amide bonds. The predicted octanol–water partition coefficient (Wildman–Crippen LogP) is 2.90. The molecule has 35 heavy (non-hydrogen) atoms. The zero-order chi connectivity index (χ0) is 24.4. The van der Waals surface area contributed by atoms with Gasteiger partial charge in [0.25, 0.3) is 5.91 Å². The molecule has 2 aliphatic heterocycles. The van der Waals surface area contributed by atoms with E-state index in [4.69, 9.17) is 14.2 Å². The van der Waals surface area contributed by atoms with Gasteiger partial charge in [-0.15, -0.1) is 5.10 Å². The van der Waals surface area contributed by atoms with E-state index in [-0.39, 0.29) is 18.7 Å². The van der Waals surface area contributed by atoms with E-state index in [1.165, 1.54) is 0 Å². The number of rotatable bonds is 8. The Kier molecular flexibility index (Phi) is 6.54. The summed E-state index contributed by atoms with van der Waals surface area (Å²) in [7, 11) is 3.67. The second-order valence-electron chi connectivity index (χ2n) is 8.81. The highest BCUT2D eigenvalue weighted by Gasteiger charge is 2.37. The number of likely N-dealkylation sites (N-methyl/N-ethyl adjacent to an activating group) is 1. The molecule has 10 nitrogen and oxygen atoms in total. The molecular formula is C25H30N6O4. The number of ether oxygens (including phenoxy) is 3. The highest BCUT2D eigenvalue weighted by molar-refractivity contribution is 5.94. The van der Waals surface area contributed by atoms with Crippen LogP contribution in [0.5, 0.6) is 17.2 Å². The normalized spacial score (nSPS) is 16.7. The maximum absolute atomic E-state index is 12.7. The highest BCUT2D eigenvalue weighted by atomic mass is 16.7. The molecule has 0 saturated heterocycles. The summed E-state index contributed by atoms with van der Waals surface area (Å²) >= 11 is 0. The Morgan fingerprint density at radius 3 is 2.97 bits per heavy atom. The number of unbranched alkanes of at least 4 members (excludes halogenated alkanes) is 2. The van der Waals surface area contributed by atoms with Crippen molar-refractivity contribution >= 4 is 5.91 Å². The summed E-state index contributed by atoms with van der Waals surface area (Å²) in [6.07, 6.45) is 4.00. The van der Waals surface area contributed by atoms with Crippen LogP contribution in [0.15, 0.2) is 30.3 Å². The molecule has 0 aliphatic carbocycles. The third kappa shape index (κ3) is 4.29. The van der Waals surface area contributed by atoms with E-state index in [9.17, 15) is 4.79 Å². The Hall–Kier alpha value is -3.66. The molecule has 0 unspecified atom stereocenters. The van der Waals surface area contributed by atoms with Crippen molar-refractivity contribution in [2.75, 3.05) is 34.0 Å². The number of carbonyl (C=O) groups is 1. The molecule has 1 N–H and O–H groups in total. The second-order valence-corrected chi connectivity index (χ2v) is 8.81. The first-order valence-electron chi connectivity index (χ1n) is 12.0. The van der Waals surface area contributed by atoms with Crippen molar-refractivity contribution in [1.29, 1.82) is 0 Å². The van der Waals surface area contributed by atoms with Crippen molar-refractivity contribution in [3.8, 4) is 22.9 Å². The van der Waals surface area contributed by atoms with E-state index in [1.807, 2.05) is 31.3 Å². The van der Waals surface area contributed by atoms with E-state index >= 15 is 0 Å². The monoisotopic (exact) mass is 478 g/mol. The minimum Gasteiger partial charge on any atom is -0.492 e. The molecule has 10 heteroatoms. The van der Waals surface area contributed by atoms with Crippen LogP contribution in [0.4, 0.5) is 0 Å². The molecule has 3 heterocycles. The molecule has 0 bridgehead atoms. The maximum atomic E-state index is 12.7. The van der Waals surface area contributed by atoms with E-state index in [1.54, 1.807) is 17.9 Å². The van der Waals surface area contributed by atoms with Crippen LogP contribution >= 0.6 is 0 Å². The van der Waals surface area contributed by atoms with Gasteiger partial charge in [0.05, 0.1) is 12.8 Å². The zero-order valence-corrected chi connectivity index (χ0v) is 20.3. The van der Waals surface area contributed by atoms with Gasteiger partial charge in [0.2, 0.25) is 12.5 Å². The van der Waals surface area contributed by atoms with Gasteiger partial charge in [-0.1, -0.05) is 25.8 Å². The van der Waals surface area contributed by atoms with Gasteiger partial charge in [0.1, 0.15) is 6.04 Å². The fraction of sp³-hybridized carbons (Fsp3) is 0.440. The van der Waals surface area contributed by atoms with Crippen molar-refractivity contribution in [2.45, 2.75) is 38.6 Å². The average Bonchev–Trinajstić information content (AvgIpc) is 3.55. The van der Waals surface area contributed by atoms with Gasteiger partial charge in [0, 0.05) is 24.2 Å². The zero-order valence-electron chi connectivity index (χ0n) is 20.3. The van der Waals surface area contributed by atoms with E-state index in [0.717, 1.165) is 43.4 Å². The lowest BCUT2D eigenvalue weighted by atomic mass is 9.90. The van der Waals surface area contributed by atoms with E-state index in [2.05, 4.69) is 32.7 Å². The molecular weight excluding hydrogens is 448 g/mol. The van der Waals surface area contributed by atoms with Gasteiger partial charge in [-0.3, -0.25) is 9.69 Å². The van der Waals surface area contributed by atoms with Crippen LogP contribution in [0.3, 0.4) is 0 Å². The van der Waals surface area contributed by atoms with Crippen LogP contribution in [0.2, 0.25) is 0 Å². The predicted molar refractivity (Wildman–Crippen MR) is 128 cm³/mol. The van der Waals surface area contributed by atoms with Gasteiger partial charge in [-0.2, -0.15) is 4.68 Å². The lowest BCUT2D eigenvalue weighted by Gasteiger charge is -2.34. The number of hydrogen-bond donors (Lipinski definition) is 1. The average molecular weight is 479 g/mol. The second kappa shape index (κ2) is 9.91. The van der Waals surface area contributed by atoms with Crippen molar-refractivity contribution in [1.82, 2.24) is 30.4 Å². The molecule has 0 fully saturated rings. The molecule has 3 aromatic rings. The largest absolute Gasteiger partial charge is 0.492 e. The van der Waals surface area contributed by atoms with Gasteiger partial charge in [-0.25, -0.2) is 0 Å². The molecule has 5 rings (SSSR count). The Bertz CT molecular complexity index is 1230. The van der Waals surface area contributed by atoms with Crippen molar-refractivity contribution in [3.05, 3.63) is 52.8 Å². The van der Waals surface area contributed by atoms with Crippen LogP contribution in [-0.4, -0.2) is 65.1 Å². The summed E-state index contributed by atoms with van der Waals surface area (Å²) in [6, 6.07) is 9.11. The van der Waals surface area contributed by atoms with Gasteiger partial charge < -0.3 is 19.5 Å². The summed E-state index contributed by atoms with van der Waals surface area (Å²) in [6.45, 7) is 3.78. The highest BCUT2D eigenvalue weighted by Crippen LogP contribution is 2.50. The lowest BCUT2D eigenvalue weighted by molar-refractivity contribution is 0.0953. The number of benzene rings is 2. The first-order valence-corrected chi connectivity index (χ1v) is 12.0. The number of hydrogen-bond acceptors (Lipinski definition) is 8. The third-order valence-corrected chi connectivity index (χ3v) is 6.55. The number of nitrogens with zero attached hydrogens (tertiary/aromatic N) is 5. The molecule has 0 radical (unpaired) electrons. The van der Waals surface area contributed by atoms with Gasteiger partial charge in [0.15, 0.2) is 17.3 Å². The third-order valence-electron chi connectivity index (χ3n) is 6.55. The van der Waals surface area contributed by atoms with Crippen LogP contribution in [-0.2, 0) is 6.42 Å². The number of fused-ring (bicyclic) bond motifs is 2. The number of tetrazole rings is 1. The summed E-state index contributed by atoms with van der Waals surface area (Å²) in [5.74, 6) is 2.47. The molecule has 0 saturated carbocycles. The number of carbonyl (C=O) groups excluding carboxylic acids is 1. The summed E-state index contributed by atoms with van der Waals surface area (Å²) in [4.78, 5) is 14.9. The van der Waals surface area contributed by atoms with E-state index < -0.39 is 0 Å². The minimum atomic E-state index is -0.273. The molecule has 2 aliphatic rings. The summed E-state index contributed by atoms with van der Waals surface area (Å²) in [5.41, 5.74) is 3.36. The molecule has 184 valence electrons. The Morgan fingerprint density at radius 2 is 2.14 bits per heavy atom. The van der Waals surface area contributed by atoms with Crippen molar-refractivity contribution in [2.24, 2.45) is 0 Å². The fourth-order valence-corrected chi connectivity index (χ4v) is 4.77. The first-order chi connectivity index (χ1) is 17.1. The van der Waals surface area contributed by atoms with Crippen LogP contribution < -0.4 is 19.5 Å². The first kappa shape index (κ1) is 23.1. The van der Waals surface area contributed by atoms with Crippen LogP contribution in [0.1, 0.15) is 59.5 Å². The molecule has 0 spiro atoms. The SMILES string of the molecule is CCCCCNC(=O)c1cccc(-n2nnnc2[C@H]2c3c(cc4c(c3OC)OCO4)CCN2C)c1. The Morgan fingerprint density at radius 1 is 1.26 bits per heavy atom. The topological polar surface area (TPSA) is 104 Å². The molecule has 1 aromatic heterocycles. The van der Waals surface area contributed by atoms with Crippen LogP contribution in [0, 0.1) is 0 Å². The fourth-order valence-electron chi connectivity index (χ4n) is 4.77. The van der Waals surface area contributed by atoms with Gasteiger partial charge in [-0.05, 0) is 60.1 Å². The summed E-state index contributed by atoms with van der Waals surface area (Å²) in [5, 5.41) is 15.7. The van der Waals surface area contributed by atoms with Crippen molar-refractivity contribution in [3.63, 3.8) is 0 Å². The number of aromatic nitrogens is 4. The minimum absolute atomic E-state index is 0.105. The smallest absolute Gasteiger partial charge is 0.251 e. The standard InChI is InChI=1S/C25H30N6O4/c1-4-5-6-11-26-25(32)17-8-7-9-18(13-17)31-24(27-28-29-31)21-20-16(10-12-30(21)2)14-19-22(23(20)33-3)35-15-34-19/h7-9,13-14,21H,4-6,10-12,15H2,1-3H3,(H,26,32)/t21-/m1/s1. The number of methoxy groups -OCH3 is 1. The van der Waals surface area contributed by atoms with E-state index in [0.29, 0.717) is 40.9 Å². The molecule has 2 aromatic carbocycles. The Labute approximate surface area is 204 Å². The van der Waals surface area contributed by atoms with Crippen LogP contribution in [0.25, 0.3) is 5.69 Å². The quantitative estimate of drug-likeness (QED) is 0.493. The van der Waals surface area contributed by atoms with Crippen molar-refractivity contribution < 1.29 is 19.0 Å². The van der Waals surface area contributed by atoms with Gasteiger partial charge >= 0.3 is 0 Å². The Balaban J connectivity index is 1.51.